The lowest BCUT2D eigenvalue weighted by atomic mass is 10.8. The van der Waals surface area contributed by atoms with Crippen molar-refractivity contribution < 1.29 is 9.90 Å². The molecular weight excluding hydrogens is 154 g/mol. The van der Waals surface area contributed by atoms with E-state index >= 15 is 0 Å². The van der Waals surface area contributed by atoms with Crippen molar-refractivity contribution in [1.82, 2.24) is 15.2 Å². The van der Waals surface area contributed by atoms with E-state index in [0.29, 0.717) is 5.03 Å². The second kappa shape index (κ2) is 2.80. The molecule has 0 aromatic heterocycles. The summed E-state index contributed by atoms with van der Waals surface area (Å²) in [7, 11) is 1.78. The molecule has 0 fully saturated rings. The van der Waals surface area contributed by atoms with Crippen LogP contribution in [0, 0.1) is 0 Å². The molecule has 0 bridgehead atoms. The highest BCUT2D eigenvalue weighted by atomic mass is 32.2. The summed E-state index contributed by atoms with van der Waals surface area (Å²) in [5, 5.41) is 12.7. The zero-order valence-electron chi connectivity index (χ0n) is 5.29. The van der Waals surface area contributed by atoms with Crippen molar-refractivity contribution in [2.75, 3.05) is 7.05 Å². The number of rotatable bonds is 1. The van der Waals surface area contributed by atoms with Gasteiger partial charge in [-0.1, -0.05) is 0 Å². The van der Waals surface area contributed by atoms with Gasteiger partial charge in [0.05, 0.1) is 0 Å². The van der Waals surface area contributed by atoms with Gasteiger partial charge in [-0.3, -0.25) is 5.32 Å². The second-order valence-corrected chi connectivity index (χ2v) is 2.55. The van der Waals surface area contributed by atoms with Gasteiger partial charge in [-0.05, 0) is 11.9 Å². The van der Waals surface area contributed by atoms with Crippen molar-refractivity contribution in [1.29, 1.82) is 0 Å². The van der Waals surface area contributed by atoms with E-state index in [1.807, 2.05) is 0 Å². The minimum atomic E-state index is -1.05. The van der Waals surface area contributed by atoms with Gasteiger partial charge in [-0.15, -0.1) is 0 Å². The molecule has 0 aromatic carbocycles. The molecule has 0 spiro atoms. The Kier molecular flexibility index (Phi) is 2.03. The number of carbonyl (C=O) groups is 1. The average Bonchev–Trinajstić information content (AvgIpc) is 2.13. The van der Waals surface area contributed by atoms with Crippen molar-refractivity contribution >= 4 is 18.0 Å². The Morgan fingerprint density at radius 1 is 2.00 bits per heavy atom. The van der Waals surface area contributed by atoms with Gasteiger partial charge < -0.3 is 10.1 Å². The first-order chi connectivity index (χ1) is 4.68. The van der Waals surface area contributed by atoms with E-state index in [0.717, 1.165) is 0 Å². The summed E-state index contributed by atoms with van der Waals surface area (Å²) in [5.74, 6) is 0. The molecule has 1 rings (SSSR count). The molecule has 56 valence electrons. The van der Waals surface area contributed by atoms with Gasteiger partial charge in [0.25, 0.3) is 0 Å². The van der Waals surface area contributed by atoms with Crippen molar-refractivity contribution in [2.24, 2.45) is 0 Å². The molecule has 1 heterocycles. The zero-order valence-corrected chi connectivity index (χ0v) is 6.10. The van der Waals surface area contributed by atoms with Crippen LogP contribution >= 0.6 is 11.9 Å². The Morgan fingerprint density at radius 3 is 3.10 bits per heavy atom. The molecule has 0 saturated heterocycles. The van der Waals surface area contributed by atoms with Crippen LogP contribution in [0.25, 0.3) is 0 Å². The fraction of sp³-hybridized carbons (Fsp3) is 0.250. The van der Waals surface area contributed by atoms with Crippen LogP contribution in [0.5, 0.6) is 0 Å². The van der Waals surface area contributed by atoms with Crippen LogP contribution in [-0.4, -0.2) is 23.3 Å². The summed E-state index contributed by atoms with van der Waals surface area (Å²) in [6.07, 6.45) is 0.606. The van der Waals surface area contributed by atoms with Crippen molar-refractivity contribution in [2.45, 2.75) is 0 Å². The third-order valence-corrected chi connectivity index (χ3v) is 1.65. The van der Waals surface area contributed by atoms with Crippen molar-refractivity contribution in [3.63, 3.8) is 0 Å². The van der Waals surface area contributed by atoms with E-state index in [1.54, 1.807) is 18.3 Å². The summed E-state index contributed by atoms with van der Waals surface area (Å²) in [5.41, 5.74) is 0. The standard InChI is InChI=1S/C4H7N3O2S/c1-7-2-3(10-6-7)5-4(8)9/h2,5-6H,1H3,(H,8,9). The maximum absolute atomic E-state index is 10.1. The van der Waals surface area contributed by atoms with Gasteiger partial charge in [-0.2, -0.15) is 4.83 Å². The van der Waals surface area contributed by atoms with E-state index in [9.17, 15) is 4.79 Å². The number of hydrazine groups is 1. The summed E-state index contributed by atoms with van der Waals surface area (Å²) >= 11 is 1.22. The van der Waals surface area contributed by atoms with Crippen LogP contribution in [0.2, 0.25) is 0 Å². The number of nitrogens with one attached hydrogen (secondary N) is 2. The molecule has 1 amide bonds. The fourth-order valence-corrected chi connectivity index (χ4v) is 1.16. The number of carboxylic acid groups (broad SMARTS) is 1. The zero-order chi connectivity index (χ0) is 7.56. The van der Waals surface area contributed by atoms with Crippen molar-refractivity contribution in [3.05, 3.63) is 11.2 Å². The minimum absolute atomic E-state index is 0.579. The molecule has 0 aliphatic carbocycles. The molecule has 0 saturated carbocycles. The molecule has 0 atom stereocenters. The highest BCUT2D eigenvalue weighted by Crippen LogP contribution is 2.14. The summed E-state index contributed by atoms with van der Waals surface area (Å²) in [6, 6.07) is 0. The lowest BCUT2D eigenvalue weighted by molar-refractivity contribution is 0.198. The second-order valence-electron chi connectivity index (χ2n) is 1.73. The summed E-state index contributed by atoms with van der Waals surface area (Å²) < 4.78 is 0. The van der Waals surface area contributed by atoms with Crippen LogP contribution in [-0.2, 0) is 0 Å². The summed E-state index contributed by atoms with van der Waals surface area (Å²) in [4.78, 5) is 12.9. The molecule has 1 aliphatic heterocycles. The fourth-order valence-electron chi connectivity index (χ4n) is 0.513. The first-order valence-corrected chi connectivity index (χ1v) is 3.37. The van der Waals surface area contributed by atoms with E-state index in [4.69, 9.17) is 5.11 Å². The SMILES string of the molecule is CN1C=C(NC(=O)O)SN1. The van der Waals surface area contributed by atoms with Gasteiger partial charge in [0.1, 0.15) is 5.03 Å². The molecule has 6 heteroatoms. The van der Waals surface area contributed by atoms with Gasteiger partial charge >= 0.3 is 6.09 Å². The molecule has 0 aromatic rings. The number of hydrogen-bond donors (Lipinski definition) is 3. The van der Waals surface area contributed by atoms with E-state index in [2.05, 4.69) is 10.1 Å². The Bertz CT molecular complexity index is 181. The lowest BCUT2D eigenvalue weighted by Gasteiger charge is -2.02. The number of amides is 1. The van der Waals surface area contributed by atoms with Crippen LogP contribution in [0.3, 0.4) is 0 Å². The van der Waals surface area contributed by atoms with Crippen LogP contribution in [0.1, 0.15) is 0 Å². The number of hydrogen-bond acceptors (Lipinski definition) is 4. The van der Waals surface area contributed by atoms with Crippen LogP contribution < -0.4 is 10.1 Å². The molecule has 1 aliphatic rings. The Balaban J connectivity index is 2.43. The average molecular weight is 161 g/mol. The first-order valence-electron chi connectivity index (χ1n) is 2.55. The third kappa shape index (κ3) is 1.82. The highest BCUT2D eigenvalue weighted by molar-refractivity contribution is 8.01. The highest BCUT2D eigenvalue weighted by Gasteiger charge is 2.10. The smallest absolute Gasteiger partial charge is 0.409 e. The quantitative estimate of drug-likeness (QED) is 0.478. The topological polar surface area (TPSA) is 64.6 Å². The maximum Gasteiger partial charge on any atom is 0.409 e. The van der Waals surface area contributed by atoms with Gasteiger partial charge in [0, 0.05) is 13.2 Å². The van der Waals surface area contributed by atoms with Gasteiger partial charge in [0.2, 0.25) is 0 Å². The number of nitrogens with zero attached hydrogens (tertiary/aromatic N) is 1. The Hall–Kier alpha value is -0.880. The van der Waals surface area contributed by atoms with E-state index in [-0.39, 0.29) is 0 Å². The lowest BCUT2D eigenvalue weighted by Crippen LogP contribution is -2.17. The third-order valence-electron chi connectivity index (χ3n) is 0.841. The monoisotopic (exact) mass is 161 g/mol. The molecule has 3 N–H and O–H groups in total. The maximum atomic E-state index is 10.1. The van der Waals surface area contributed by atoms with E-state index in [1.165, 1.54) is 11.9 Å². The largest absolute Gasteiger partial charge is 0.465 e. The van der Waals surface area contributed by atoms with Crippen molar-refractivity contribution in [3.8, 4) is 0 Å². The summed E-state index contributed by atoms with van der Waals surface area (Å²) in [6.45, 7) is 0. The van der Waals surface area contributed by atoms with Crippen LogP contribution in [0.4, 0.5) is 4.79 Å². The predicted molar refractivity (Wildman–Crippen MR) is 37.7 cm³/mol. The van der Waals surface area contributed by atoms with E-state index < -0.39 is 6.09 Å². The van der Waals surface area contributed by atoms with Gasteiger partial charge in [-0.25, -0.2) is 4.79 Å². The Morgan fingerprint density at radius 2 is 2.70 bits per heavy atom. The predicted octanol–water partition coefficient (Wildman–Crippen LogP) is 0.151. The van der Waals surface area contributed by atoms with Crippen LogP contribution in [0.15, 0.2) is 11.2 Å². The molecule has 0 unspecified atom stereocenters. The molecule has 10 heavy (non-hydrogen) atoms. The molecular formula is C4H7N3O2S. The molecule has 0 radical (unpaired) electrons. The Labute approximate surface area is 62.2 Å². The minimum Gasteiger partial charge on any atom is -0.465 e. The first kappa shape index (κ1) is 7.23. The molecule has 5 nitrogen and oxygen atoms in total. The van der Waals surface area contributed by atoms with Gasteiger partial charge in [0.15, 0.2) is 0 Å². The normalized spacial score (nSPS) is 16.9.